The Labute approximate surface area is 168 Å². The monoisotopic (exact) mass is 394 g/mol. The first-order valence-corrected chi connectivity index (χ1v) is 9.02. The van der Waals surface area contributed by atoms with E-state index in [1.54, 1.807) is 18.2 Å². The zero-order chi connectivity index (χ0) is 20.3. The summed E-state index contributed by atoms with van der Waals surface area (Å²) in [6.07, 6.45) is 3.13. The zero-order valence-electron chi connectivity index (χ0n) is 15.6. The first kappa shape index (κ1) is 19.6. The van der Waals surface area contributed by atoms with Crippen molar-refractivity contribution < 1.29 is 4.39 Å². The molecule has 0 spiro atoms. The summed E-state index contributed by atoms with van der Waals surface area (Å²) in [7, 11) is 0. The Kier molecular flexibility index (Phi) is 5.76. The first-order valence-electron chi connectivity index (χ1n) is 8.65. The Morgan fingerprint density at radius 1 is 1.18 bits per heavy atom. The lowest BCUT2D eigenvalue weighted by Gasteiger charge is -2.16. The van der Waals surface area contributed by atoms with Crippen LogP contribution in [0, 0.1) is 19.7 Å². The molecule has 0 radical (unpaired) electrons. The van der Waals surface area contributed by atoms with Gasteiger partial charge in [-0.2, -0.15) is 0 Å². The SMILES string of the molecule is C=C(Nc1nc(-c2ccccc2Cl)nc(C)c1/C=C\N)c1cc(F)ccc1C. The Morgan fingerprint density at radius 2 is 1.93 bits per heavy atom. The summed E-state index contributed by atoms with van der Waals surface area (Å²) in [5, 5.41) is 3.74. The molecule has 6 heteroatoms. The molecule has 0 aliphatic heterocycles. The highest BCUT2D eigenvalue weighted by atomic mass is 35.5. The fraction of sp³-hybridized carbons (Fsp3) is 0.0909. The highest BCUT2D eigenvalue weighted by Crippen LogP contribution is 2.30. The van der Waals surface area contributed by atoms with E-state index in [9.17, 15) is 4.39 Å². The number of hydrogen-bond acceptors (Lipinski definition) is 4. The lowest BCUT2D eigenvalue weighted by Crippen LogP contribution is -2.07. The molecule has 0 amide bonds. The number of hydrogen-bond donors (Lipinski definition) is 2. The van der Waals surface area contributed by atoms with Crippen molar-refractivity contribution in [2.75, 3.05) is 5.32 Å². The van der Waals surface area contributed by atoms with E-state index in [2.05, 4.69) is 21.9 Å². The molecule has 142 valence electrons. The summed E-state index contributed by atoms with van der Waals surface area (Å²) >= 11 is 6.31. The van der Waals surface area contributed by atoms with Crippen molar-refractivity contribution in [2.24, 2.45) is 5.73 Å². The molecule has 3 aromatic rings. The van der Waals surface area contributed by atoms with Crippen molar-refractivity contribution >= 4 is 29.2 Å². The van der Waals surface area contributed by atoms with Crippen LogP contribution in [-0.2, 0) is 0 Å². The molecule has 4 nitrogen and oxygen atoms in total. The second kappa shape index (κ2) is 8.23. The minimum Gasteiger partial charge on any atom is -0.405 e. The molecule has 3 N–H and O–H groups in total. The normalized spacial score (nSPS) is 11.0. The number of anilines is 1. The molecule has 0 saturated carbocycles. The number of aromatic nitrogens is 2. The van der Waals surface area contributed by atoms with Gasteiger partial charge in [0.25, 0.3) is 0 Å². The number of nitrogens with zero attached hydrogens (tertiary/aromatic N) is 2. The zero-order valence-corrected chi connectivity index (χ0v) is 16.4. The maximum atomic E-state index is 13.7. The van der Waals surface area contributed by atoms with Crippen molar-refractivity contribution in [2.45, 2.75) is 13.8 Å². The highest BCUT2D eigenvalue weighted by molar-refractivity contribution is 6.33. The Balaban J connectivity index is 2.09. The molecule has 2 aromatic carbocycles. The molecule has 1 aromatic heterocycles. The Bertz CT molecular complexity index is 1080. The molecular formula is C22H20ClFN4. The van der Waals surface area contributed by atoms with E-state index >= 15 is 0 Å². The minimum atomic E-state index is -0.332. The molecule has 0 unspecified atom stereocenters. The van der Waals surface area contributed by atoms with Crippen LogP contribution in [0.4, 0.5) is 10.2 Å². The number of rotatable bonds is 5. The summed E-state index contributed by atoms with van der Waals surface area (Å²) < 4.78 is 13.7. The maximum absolute atomic E-state index is 13.7. The van der Waals surface area contributed by atoms with Gasteiger partial charge in [-0.3, -0.25) is 0 Å². The summed E-state index contributed by atoms with van der Waals surface area (Å²) in [5.74, 6) is 0.655. The van der Waals surface area contributed by atoms with Crippen LogP contribution in [0.25, 0.3) is 23.2 Å². The van der Waals surface area contributed by atoms with Crippen molar-refractivity contribution in [1.82, 2.24) is 9.97 Å². The van der Waals surface area contributed by atoms with E-state index in [0.29, 0.717) is 39.1 Å². The van der Waals surface area contributed by atoms with E-state index in [1.165, 1.54) is 18.3 Å². The third-order valence-electron chi connectivity index (χ3n) is 4.31. The van der Waals surface area contributed by atoms with E-state index in [0.717, 1.165) is 11.3 Å². The van der Waals surface area contributed by atoms with Gasteiger partial charge in [-0.05, 0) is 56.0 Å². The standard InChI is InChI=1S/C22H20ClFN4/c1-13-8-9-16(24)12-19(13)15(3)27-21-17(10-11-25)14(2)26-22(28-21)18-6-4-5-7-20(18)23/h4-12H,3,25H2,1-2H3,(H,26,27,28)/b11-10-. The first-order chi connectivity index (χ1) is 13.4. The van der Waals surface area contributed by atoms with Gasteiger partial charge in [0.2, 0.25) is 0 Å². The maximum Gasteiger partial charge on any atom is 0.163 e. The van der Waals surface area contributed by atoms with Gasteiger partial charge >= 0.3 is 0 Å². The van der Waals surface area contributed by atoms with Gasteiger partial charge in [-0.1, -0.05) is 36.4 Å². The van der Waals surface area contributed by atoms with Crippen molar-refractivity contribution in [3.8, 4) is 11.4 Å². The van der Waals surface area contributed by atoms with Crippen LogP contribution in [0.3, 0.4) is 0 Å². The average molecular weight is 395 g/mol. The molecule has 0 fully saturated rings. The lowest BCUT2D eigenvalue weighted by atomic mass is 10.1. The molecular weight excluding hydrogens is 375 g/mol. The van der Waals surface area contributed by atoms with E-state index in [-0.39, 0.29) is 5.82 Å². The molecule has 0 saturated heterocycles. The van der Waals surface area contributed by atoms with Gasteiger partial charge in [-0.15, -0.1) is 0 Å². The molecule has 3 rings (SSSR count). The number of nitrogens with two attached hydrogens (primary N) is 1. The molecule has 0 aliphatic rings. The number of aryl methyl sites for hydroxylation is 2. The third kappa shape index (κ3) is 4.05. The Morgan fingerprint density at radius 3 is 2.64 bits per heavy atom. The summed E-state index contributed by atoms with van der Waals surface area (Å²) in [6, 6.07) is 11.9. The summed E-state index contributed by atoms with van der Waals surface area (Å²) in [6.45, 7) is 7.80. The summed E-state index contributed by atoms with van der Waals surface area (Å²) in [4.78, 5) is 9.20. The number of benzene rings is 2. The van der Waals surface area contributed by atoms with E-state index < -0.39 is 0 Å². The van der Waals surface area contributed by atoms with E-state index in [4.69, 9.17) is 17.3 Å². The van der Waals surface area contributed by atoms with Crippen LogP contribution in [0.5, 0.6) is 0 Å². The molecule has 28 heavy (non-hydrogen) atoms. The molecule has 0 bridgehead atoms. The fourth-order valence-corrected chi connectivity index (χ4v) is 3.09. The van der Waals surface area contributed by atoms with Gasteiger partial charge in [0.05, 0.1) is 10.7 Å². The number of halogens is 2. The van der Waals surface area contributed by atoms with Gasteiger partial charge in [0.15, 0.2) is 5.82 Å². The highest BCUT2D eigenvalue weighted by Gasteiger charge is 2.15. The van der Waals surface area contributed by atoms with Crippen molar-refractivity contribution in [3.05, 3.63) is 88.5 Å². The summed E-state index contributed by atoms with van der Waals surface area (Å²) in [5.41, 5.74) is 9.83. The van der Waals surface area contributed by atoms with Crippen LogP contribution < -0.4 is 11.1 Å². The second-order valence-electron chi connectivity index (χ2n) is 6.30. The van der Waals surface area contributed by atoms with Gasteiger partial charge in [-0.25, -0.2) is 14.4 Å². The van der Waals surface area contributed by atoms with Crippen molar-refractivity contribution in [3.63, 3.8) is 0 Å². The minimum absolute atomic E-state index is 0.332. The number of nitrogens with one attached hydrogen (secondary N) is 1. The van der Waals surface area contributed by atoms with Crippen molar-refractivity contribution in [1.29, 1.82) is 0 Å². The predicted octanol–water partition coefficient (Wildman–Crippen LogP) is 5.57. The van der Waals surface area contributed by atoms with Crippen LogP contribution in [0.2, 0.25) is 5.02 Å². The van der Waals surface area contributed by atoms with E-state index in [1.807, 2.05) is 32.0 Å². The average Bonchev–Trinajstić information content (AvgIpc) is 2.66. The Hall–Kier alpha value is -3.18. The van der Waals surface area contributed by atoms with Crippen LogP contribution >= 0.6 is 11.6 Å². The second-order valence-corrected chi connectivity index (χ2v) is 6.70. The molecule has 1 heterocycles. The smallest absolute Gasteiger partial charge is 0.163 e. The predicted molar refractivity (Wildman–Crippen MR) is 114 cm³/mol. The molecule has 0 aliphatic carbocycles. The van der Waals surface area contributed by atoms with Gasteiger partial charge in [0.1, 0.15) is 11.6 Å². The van der Waals surface area contributed by atoms with Gasteiger partial charge < -0.3 is 11.1 Å². The quantitative estimate of drug-likeness (QED) is 0.594. The van der Waals surface area contributed by atoms with Gasteiger partial charge in [0, 0.05) is 22.4 Å². The van der Waals surface area contributed by atoms with Crippen LogP contribution in [0.15, 0.2) is 55.2 Å². The van der Waals surface area contributed by atoms with Crippen LogP contribution in [-0.4, -0.2) is 9.97 Å². The topological polar surface area (TPSA) is 63.8 Å². The molecule has 0 atom stereocenters. The lowest BCUT2D eigenvalue weighted by molar-refractivity contribution is 0.627. The fourth-order valence-electron chi connectivity index (χ4n) is 2.87. The third-order valence-corrected chi connectivity index (χ3v) is 4.64. The van der Waals surface area contributed by atoms with Crippen LogP contribution in [0.1, 0.15) is 22.4 Å². The largest absolute Gasteiger partial charge is 0.405 e.